The monoisotopic (exact) mass is 488 g/mol. The lowest BCUT2D eigenvalue weighted by Gasteiger charge is -2.10. The molecule has 6 heteroatoms. The molecule has 0 aliphatic heterocycles. The Morgan fingerprint density at radius 1 is 0.583 bits per heavy atom. The summed E-state index contributed by atoms with van der Waals surface area (Å²) >= 11 is 0. The van der Waals surface area contributed by atoms with Crippen molar-refractivity contribution in [3.63, 3.8) is 0 Å². The zero-order valence-electron chi connectivity index (χ0n) is 21.2. The van der Waals surface area contributed by atoms with E-state index in [4.69, 9.17) is 9.47 Å². The van der Waals surface area contributed by atoms with Crippen LogP contribution in [0.1, 0.15) is 71.4 Å². The molecule has 0 radical (unpaired) electrons. The zero-order valence-corrected chi connectivity index (χ0v) is 21.2. The second-order valence-corrected chi connectivity index (χ2v) is 8.66. The molecule has 0 amide bonds. The van der Waals surface area contributed by atoms with Crippen LogP contribution in [0.4, 0.5) is 11.4 Å². The average Bonchev–Trinajstić information content (AvgIpc) is 2.92. The van der Waals surface area contributed by atoms with Gasteiger partial charge in [0.2, 0.25) is 0 Å². The second kappa shape index (κ2) is 14.6. The molecule has 0 heterocycles. The number of rotatable bonds is 14. The molecule has 6 nitrogen and oxygen atoms in total. The fraction of sp³-hybridized carbons (Fsp3) is 0.333. The molecular weight excluding hydrogens is 452 g/mol. The van der Waals surface area contributed by atoms with E-state index >= 15 is 0 Å². The minimum absolute atomic E-state index is 0.278. The Bertz CT molecular complexity index is 989. The van der Waals surface area contributed by atoms with Gasteiger partial charge in [-0.1, -0.05) is 51.0 Å². The molecular formula is C30H36N2O4. The van der Waals surface area contributed by atoms with Gasteiger partial charge in [-0.3, -0.25) is 0 Å². The quantitative estimate of drug-likeness (QED) is 0.191. The molecule has 0 aliphatic rings. The number of carbonyl (C=O) groups is 2. The molecule has 36 heavy (non-hydrogen) atoms. The lowest BCUT2D eigenvalue weighted by Crippen LogP contribution is -2.07. The van der Waals surface area contributed by atoms with E-state index in [1.54, 1.807) is 24.3 Å². The highest BCUT2D eigenvalue weighted by Gasteiger charge is 2.07. The maximum atomic E-state index is 12.0. The summed E-state index contributed by atoms with van der Waals surface area (Å²) in [5.74, 6) is -0.555. The van der Waals surface area contributed by atoms with Crippen molar-refractivity contribution in [2.24, 2.45) is 0 Å². The first kappa shape index (κ1) is 26.8. The predicted octanol–water partition coefficient (Wildman–Crippen LogP) is 6.82. The van der Waals surface area contributed by atoms with Gasteiger partial charge in [0.25, 0.3) is 0 Å². The Morgan fingerprint density at radius 3 is 1.28 bits per heavy atom. The molecule has 0 aromatic heterocycles. The fourth-order valence-corrected chi connectivity index (χ4v) is 3.42. The van der Waals surface area contributed by atoms with Crippen molar-refractivity contribution in [2.45, 2.75) is 52.6 Å². The van der Waals surface area contributed by atoms with E-state index in [1.807, 2.05) is 24.3 Å². The number of nitrogens with one attached hydrogen (secondary N) is 2. The zero-order chi connectivity index (χ0) is 25.6. The highest BCUT2D eigenvalue weighted by Crippen LogP contribution is 2.15. The third-order valence-corrected chi connectivity index (χ3v) is 5.72. The van der Waals surface area contributed by atoms with E-state index in [0.717, 1.165) is 48.2 Å². The fourth-order valence-electron chi connectivity index (χ4n) is 3.42. The van der Waals surface area contributed by atoms with Gasteiger partial charge in [-0.2, -0.15) is 0 Å². The minimum atomic E-state index is -0.278. The molecule has 0 spiro atoms. The van der Waals surface area contributed by atoms with Crippen LogP contribution in [0.3, 0.4) is 0 Å². The van der Waals surface area contributed by atoms with Gasteiger partial charge >= 0.3 is 11.9 Å². The summed E-state index contributed by atoms with van der Waals surface area (Å²) < 4.78 is 10.5. The molecule has 190 valence electrons. The summed E-state index contributed by atoms with van der Waals surface area (Å²) in [5.41, 5.74) is 5.35. The van der Waals surface area contributed by atoms with Gasteiger partial charge in [-0.05, 0) is 72.5 Å². The molecule has 0 unspecified atom stereocenters. The SMILES string of the molecule is CCCCOC(=O)c1ccc(NCc2ccc(CNc3ccc(C(=O)OCCCC)cc3)cc2)cc1. The van der Waals surface area contributed by atoms with Gasteiger partial charge < -0.3 is 20.1 Å². The van der Waals surface area contributed by atoms with E-state index in [2.05, 4.69) is 48.7 Å². The number of hydrogen-bond donors (Lipinski definition) is 2. The molecule has 0 aliphatic carbocycles. The lowest BCUT2D eigenvalue weighted by atomic mass is 10.1. The van der Waals surface area contributed by atoms with Crippen LogP contribution in [-0.4, -0.2) is 25.2 Å². The Balaban J connectivity index is 1.42. The summed E-state index contributed by atoms with van der Waals surface area (Å²) in [4.78, 5) is 24.0. The van der Waals surface area contributed by atoms with Crippen LogP contribution in [-0.2, 0) is 22.6 Å². The number of esters is 2. The van der Waals surface area contributed by atoms with Crippen molar-refractivity contribution >= 4 is 23.3 Å². The Morgan fingerprint density at radius 2 is 0.944 bits per heavy atom. The maximum Gasteiger partial charge on any atom is 0.338 e. The van der Waals surface area contributed by atoms with Gasteiger partial charge in [-0.15, -0.1) is 0 Å². The maximum absolute atomic E-state index is 12.0. The largest absolute Gasteiger partial charge is 0.462 e. The number of anilines is 2. The van der Waals surface area contributed by atoms with Crippen molar-refractivity contribution in [3.8, 4) is 0 Å². The van der Waals surface area contributed by atoms with Gasteiger partial charge in [0.1, 0.15) is 0 Å². The van der Waals surface area contributed by atoms with E-state index in [1.165, 1.54) is 0 Å². The Kier molecular flexibility index (Phi) is 10.8. The highest BCUT2D eigenvalue weighted by molar-refractivity contribution is 5.90. The van der Waals surface area contributed by atoms with Crippen LogP contribution >= 0.6 is 0 Å². The number of carbonyl (C=O) groups excluding carboxylic acids is 2. The predicted molar refractivity (Wildman–Crippen MR) is 144 cm³/mol. The smallest absolute Gasteiger partial charge is 0.338 e. The number of unbranched alkanes of at least 4 members (excludes halogenated alkanes) is 2. The summed E-state index contributed by atoms with van der Waals surface area (Å²) in [6, 6.07) is 23.1. The summed E-state index contributed by atoms with van der Waals surface area (Å²) in [6.07, 6.45) is 3.76. The Hall–Kier alpha value is -3.80. The van der Waals surface area contributed by atoms with Gasteiger partial charge in [0.05, 0.1) is 24.3 Å². The van der Waals surface area contributed by atoms with Gasteiger partial charge in [0, 0.05) is 24.5 Å². The summed E-state index contributed by atoms with van der Waals surface area (Å²) in [5, 5.41) is 6.76. The number of hydrogen-bond acceptors (Lipinski definition) is 6. The van der Waals surface area contributed by atoms with Crippen LogP contribution in [0.15, 0.2) is 72.8 Å². The molecule has 3 aromatic rings. The molecule has 0 saturated carbocycles. The summed E-state index contributed by atoms with van der Waals surface area (Å²) in [6.45, 7) is 6.42. The third-order valence-electron chi connectivity index (χ3n) is 5.72. The minimum Gasteiger partial charge on any atom is -0.462 e. The van der Waals surface area contributed by atoms with E-state index < -0.39 is 0 Å². The highest BCUT2D eigenvalue weighted by atomic mass is 16.5. The van der Waals surface area contributed by atoms with E-state index in [0.29, 0.717) is 37.4 Å². The number of ether oxygens (including phenoxy) is 2. The lowest BCUT2D eigenvalue weighted by molar-refractivity contribution is 0.0490. The van der Waals surface area contributed by atoms with E-state index in [9.17, 15) is 9.59 Å². The van der Waals surface area contributed by atoms with Crippen molar-refractivity contribution in [3.05, 3.63) is 95.1 Å². The molecule has 0 saturated heterocycles. The van der Waals surface area contributed by atoms with Crippen LogP contribution in [0.25, 0.3) is 0 Å². The van der Waals surface area contributed by atoms with Gasteiger partial charge in [0.15, 0.2) is 0 Å². The first-order valence-electron chi connectivity index (χ1n) is 12.7. The molecule has 0 bridgehead atoms. The normalized spacial score (nSPS) is 10.5. The molecule has 3 rings (SSSR count). The molecule has 0 atom stereocenters. The standard InChI is InChI=1S/C30H36N2O4/c1-3-5-19-35-29(33)25-11-15-27(16-12-25)31-21-23-7-9-24(10-8-23)22-32-28-17-13-26(14-18-28)30(34)36-20-6-4-2/h7-18,31-32H,3-6,19-22H2,1-2H3. The van der Waals surface area contributed by atoms with Crippen molar-refractivity contribution in [1.82, 2.24) is 0 Å². The van der Waals surface area contributed by atoms with Crippen molar-refractivity contribution in [1.29, 1.82) is 0 Å². The average molecular weight is 489 g/mol. The molecule has 3 aromatic carbocycles. The molecule has 0 fully saturated rings. The van der Waals surface area contributed by atoms with Gasteiger partial charge in [-0.25, -0.2) is 9.59 Å². The summed E-state index contributed by atoms with van der Waals surface area (Å²) in [7, 11) is 0. The third kappa shape index (κ3) is 8.77. The second-order valence-electron chi connectivity index (χ2n) is 8.66. The Labute approximate surface area is 214 Å². The van der Waals surface area contributed by atoms with Crippen LogP contribution in [0.2, 0.25) is 0 Å². The van der Waals surface area contributed by atoms with Crippen LogP contribution in [0.5, 0.6) is 0 Å². The molecule has 2 N–H and O–H groups in total. The topological polar surface area (TPSA) is 76.7 Å². The first-order chi connectivity index (χ1) is 17.6. The van der Waals surface area contributed by atoms with Crippen molar-refractivity contribution in [2.75, 3.05) is 23.8 Å². The van der Waals surface area contributed by atoms with Crippen molar-refractivity contribution < 1.29 is 19.1 Å². The van der Waals surface area contributed by atoms with Crippen LogP contribution in [0, 0.1) is 0 Å². The number of benzene rings is 3. The first-order valence-corrected chi connectivity index (χ1v) is 12.7. The van der Waals surface area contributed by atoms with E-state index in [-0.39, 0.29) is 11.9 Å². The van der Waals surface area contributed by atoms with Crippen LogP contribution < -0.4 is 10.6 Å².